The number of ether oxygens (including phenoxy) is 1. The molecule has 2 aromatic rings. The topological polar surface area (TPSA) is 86.7 Å². The van der Waals surface area contributed by atoms with Gasteiger partial charge in [0, 0.05) is 32.4 Å². The first-order valence-electron chi connectivity index (χ1n) is 10.3. The van der Waals surface area contributed by atoms with Crippen LogP contribution in [0.1, 0.15) is 34.3 Å². The number of benzene rings is 1. The molecule has 1 fully saturated rings. The van der Waals surface area contributed by atoms with Crippen molar-refractivity contribution in [2.75, 3.05) is 26.2 Å². The monoisotopic (exact) mass is 396 g/mol. The Morgan fingerprint density at radius 1 is 1.24 bits per heavy atom. The summed E-state index contributed by atoms with van der Waals surface area (Å²) in [5.74, 6) is 0.358. The number of β-amino-alcohol motifs (C(OH)–C–C–N with tert-alkyl or cyclic N) is 1. The molecule has 1 aromatic carbocycles. The third-order valence-corrected chi connectivity index (χ3v) is 5.44. The summed E-state index contributed by atoms with van der Waals surface area (Å²) in [5, 5.41) is 16.5. The van der Waals surface area contributed by atoms with Gasteiger partial charge >= 0.3 is 0 Å². The highest BCUT2D eigenvalue weighted by atomic mass is 16.5. The number of aromatic nitrogens is 1. The lowest BCUT2D eigenvalue weighted by atomic mass is 10.1. The zero-order valence-corrected chi connectivity index (χ0v) is 16.5. The van der Waals surface area contributed by atoms with Gasteiger partial charge in [0.2, 0.25) is 0 Å². The van der Waals surface area contributed by atoms with Gasteiger partial charge in [-0.1, -0.05) is 24.3 Å². The summed E-state index contributed by atoms with van der Waals surface area (Å²) in [4.78, 5) is 18.8. The van der Waals surface area contributed by atoms with Crippen LogP contribution >= 0.6 is 0 Å². The third-order valence-electron chi connectivity index (χ3n) is 5.44. The van der Waals surface area contributed by atoms with Gasteiger partial charge in [-0.15, -0.1) is 0 Å². The summed E-state index contributed by atoms with van der Waals surface area (Å²) >= 11 is 0. The summed E-state index contributed by atoms with van der Waals surface area (Å²) in [5.41, 5.74) is 3.05. The molecule has 1 saturated heterocycles. The van der Waals surface area contributed by atoms with Crippen molar-refractivity contribution in [2.45, 2.75) is 38.1 Å². The Balaban J connectivity index is 1.24. The van der Waals surface area contributed by atoms with Gasteiger partial charge in [-0.2, -0.15) is 0 Å². The first-order valence-corrected chi connectivity index (χ1v) is 10.3. The maximum Gasteiger partial charge on any atom is 0.253 e. The zero-order valence-electron chi connectivity index (χ0n) is 16.5. The van der Waals surface area contributed by atoms with Crippen LogP contribution in [-0.2, 0) is 13.1 Å². The number of hydrogen-bond donors (Lipinski definition) is 3. The average molecular weight is 396 g/mol. The van der Waals surface area contributed by atoms with Crippen LogP contribution in [-0.4, -0.2) is 59.3 Å². The van der Waals surface area contributed by atoms with Crippen molar-refractivity contribution in [3.63, 3.8) is 0 Å². The van der Waals surface area contributed by atoms with E-state index in [1.54, 1.807) is 12.3 Å². The summed E-state index contributed by atoms with van der Waals surface area (Å²) < 4.78 is 5.95. The molecule has 0 spiro atoms. The van der Waals surface area contributed by atoms with Crippen LogP contribution in [0.4, 0.5) is 0 Å². The van der Waals surface area contributed by atoms with Crippen molar-refractivity contribution in [1.82, 2.24) is 20.5 Å². The number of fused-ring (bicyclic) bond motifs is 1. The third kappa shape index (κ3) is 5.32. The molecule has 1 amide bonds. The molecule has 154 valence electrons. The van der Waals surface area contributed by atoms with E-state index in [1.807, 2.05) is 12.1 Å². The molecule has 3 N–H and O–H groups in total. The molecular weight excluding hydrogens is 368 g/mol. The molecule has 1 unspecified atom stereocenters. The second kappa shape index (κ2) is 9.35. The molecule has 3 heterocycles. The highest BCUT2D eigenvalue weighted by Crippen LogP contribution is 2.22. The fraction of sp³-hybridized carbons (Fsp3) is 0.455. The van der Waals surface area contributed by atoms with Crippen LogP contribution in [0.2, 0.25) is 0 Å². The van der Waals surface area contributed by atoms with Gasteiger partial charge in [0.15, 0.2) is 0 Å². The van der Waals surface area contributed by atoms with Gasteiger partial charge in [-0.05, 0) is 43.1 Å². The fourth-order valence-corrected chi connectivity index (χ4v) is 3.92. The number of hydrogen-bond acceptors (Lipinski definition) is 6. The van der Waals surface area contributed by atoms with Crippen molar-refractivity contribution >= 4 is 5.91 Å². The number of rotatable bonds is 7. The lowest BCUT2D eigenvalue weighted by molar-refractivity contribution is 0.0854. The minimum absolute atomic E-state index is 0.155. The Bertz CT molecular complexity index is 813. The normalized spacial score (nSPS) is 18.2. The number of carbonyl (C=O) groups is 1. The molecule has 2 aliphatic rings. The molecule has 7 nitrogen and oxygen atoms in total. The summed E-state index contributed by atoms with van der Waals surface area (Å²) in [6.07, 6.45) is 4.58. The highest BCUT2D eigenvalue weighted by molar-refractivity contribution is 5.94. The second-order valence-corrected chi connectivity index (χ2v) is 7.78. The van der Waals surface area contributed by atoms with Gasteiger partial charge in [0.05, 0.1) is 17.9 Å². The number of nitrogens with one attached hydrogen (secondary N) is 2. The molecule has 7 heteroatoms. The van der Waals surface area contributed by atoms with Gasteiger partial charge in [-0.3, -0.25) is 14.7 Å². The van der Waals surface area contributed by atoms with E-state index in [-0.39, 0.29) is 18.6 Å². The molecule has 0 saturated carbocycles. The van der Waals surface area contributed by atoms with E-state index in [1.165, 1.54) is 17.3 Å². The number of aliphatic hydroxyl groups is 1. The quantitative estimate of drug-likeness (QED) is 0.654. The lowest BCUT2D eigenvalue weighted by Crippen LogP contribution is -2.38. The minimum atomic E-state index is -0.629. The SMILES string of the molecule is O=C(NCC(O)CN1Cc2ccccc2C1)c1cncc(OC2CCNCC2)c1. The van der Waals surface area contributed by atoms with Crippen molar-refractivity contribution in [2.24, 2.45) is 0 Å². The predicted octanol–water partition coefficient (Wildman–Crippen LogP) is 1.32. The van der Waals surface area contributed by atoms with E-state index in [4.69, 9.17) is 4.74 Å². The summed E-state index contributed by atoms with van der Waals surface area (Å²) in [6.45, 7) is 4.27. The summed E-state index contributed by atoms with van der Waals surface area (Å²) in [6, 6.07) is 10.0. The number of carbonyl (C=O) groups excluding carboxylic acids is 1. The van der Waals surface area contributed by atoms with Crippen LogP contribution < -0.4 is 15.4 Å². The number of nitrogens with zero attached hydrogens (tertiary/aromatic N) is 2. The highest BCUT2D eigenvalue weighted by Gasteiger charge is 2.21. The van der Waals surface area contributed by atoms with Gasteiger partial charge in [-0.25, -0.2) is 0 Å². The van der Waals surface area contributed by atoms with Gasteiger partial charge in [0.25, 0.3) is 5.91 Å². The standard InChI is InChI=1S/C22H28N4O3/c27-19(15-26-13-16-3-1-2-4-17(16)14-26)11-25-22(28)18-9-21(12-24-10-18)29-20-5-7-23-8-6-20/h1-4,9-10,12,19-20,23,27H,5-8,11,13-15H2,(H,25,28). The molecule has 1 aromatic heterocycles. The molecule has 4 rings (SSSR count). The number of amides is 1. The summed E-state index contributed by atoms with van der Waals surface area (Å²) in [7, 11) is 0. The van der Waals surface area contributed by atoms with Crippen molar-refractivity contribution in [3.8, 4) is 5.75 Å². The largest absolute Gasteiger partial charge is 0.489 e. The number of piperidine rings is 1. The van der Waals surface area contributed by atoms with Crippen molar-refractivity contribution in [3.05, 3.63) is 59.4 Å². The van der Waals surface area contributed by atoms with Crippen molar-refractivity contribution < 1.29 is 14.6 Å². The smallest absolute Gasteiger partial charge is 0.253 e. The first-order chi connectivity index (χ1) is 14.2. The van der Waals surface area contributed by atoms with Gasteiger partial charge < -0.3 is 20.5 Å². The van der Waals surface area contributed by atoms with Crippen LogP contribution in [0.5, 0.6) is 5.75 Å². The maximum atomic E-state index is 12.5. The molecular formula is C22H28N4O3. The molecule has 2 aliphatic heterocycles. The number of aliphatic hydroxyl groups excluding tert-OH is 1. The van der Waals surface area contributed by atoms with E-state index in [9.17, 15) is 9.90 Å². The Kier molecular flexibility index (Phi) is 6.39. The Morgan fingerprint density at radius 2 is 1.97 bits per heavy atom. The van der Waals surface area contributed by atoms with Crippen LogP contribution in [0.25, 0.3) is 0 Å². The predicted molar refractivity (Wildman–Crippen MR) is 110 cm³/mol. The van der Waals surface area contributed by atoms with Crippen LogP contribution in [0.3, 0.4) is 0 Å². The van der Waals surface area contributed by atoms with E-state index in [0.717, 1.165) is 39.0 Å². The molecule has 0 aliphatic carbocycles. The van der Waals surface area contributed by atoms with E-state index < -0.39 is 6.10 Å². The second-order valence-electron chi connectivity index (χ2n) is 7.78. The molecule has 29 heavy (non-hydrogen) atoms. The Labute approximate surface area is 171 Å². The van der Waals surface area contributed by atoms with E-state index in [0.29, 0.717) is 17.9 Å². The lowest BCUT2D eigenvalue weighted by Gasteiger charge is -2.23. The van der Waals surface area contributed by atoms with Crippen LogP contribution in [0, 0.1) is 0 Å². The first kappa shape index (κ1) is 19.8. The molecule has 1 atom stereocenters. The Morgan fingerprint density at radius 3 is 2.69 bits per heavy atom. The average Bonchev–Trinajstić information content (AvgIpc) is 3.15. The Hall–Kier alpha value is -2.48. The molecule has 0 bridgehead atoms. The van der Waals surface area contributed by atoms with E-state index in [2.05, 4.69) is 32.7 Å². The van der Waals surface area contributed by atoms with Crippen molar-refractivity contribution in [1.29, 1.82) is 0 Å². The maximum absolute atomic E-state index is 12.5. The number of pyridine rings is 1. The van der Waals surface area contributed by atoms with Crippen LogP contribution in [0.15, 0.2) is 42.7 Å². The fourth-order valence-electron chi connectivity index (χ4n) is 3.92. The molecule has 0 radical (unpaired) electrons. The van der Waals surface area contributed by atoms with Gasteiger partial charge in [0.1, 0.15) is 11.9 Å². The minimum Gasteiger partial charge on any atom is -0.489 e. The van der Waals surface area contributed by atoms with E-state index >= 15 is 0 Å². The zero-order chi connectivity index (χ0) is 20.1.